The van der Waals surface area contributed by atoms with Gasteiger partial charge in [-0.05, 0) is 29.9 Å². The Morgan fingerprint density at radius 2 is 1.78 bits per heavy atom. The van der Waals surface area contributed by atoms with Crippen LogP contribution in [-0.2, 0) is 16.6 Å². The van der Waals surface area contributed by atoms with Crippen LogP contribution in [0.4, 0.5) is 0 Å². The fourth-order valence-corrected chi connectivity index (χ4v) is 3.32. The van der Waals surface area contributed by atoms with Gasteiger partial charge in [-0.25, -0.2) is 12.7 Å². The van der Waals surface area contributed by atoms with E-state index in [1.807, 2.05) is 0 Å². The minimum Gasteiger partial charge on any atom is -0.326 e. The summed E-state index contributed by atoms with van der Waals surface area (Å²) in [6.45, 7) is 1.82. The molecule has 5 heteroatoms. The Hall–Kier alpha value is -0.910. The van der Waals surface area contributed by atoms with Crippen molar-refractivity contribution in [1.82, 2.24) is 4.31 Å². The molecule has 0 radical (unpaired) electrons. The molecule has 0 atom stereocenters. The monoisotopic (exact) mass is 268 g/mol. The fraction of sp³-hybridized carbons (Fsp3) is 0.538. The molecule has 18 heavy (non-hydrogen) atoms. The van der Waals surface area contributed by atoms with Crippen molar-refractivity contribution in [2.75, 3.05) is 19.3 Å². The summed E-state index contributed by atoms with van der Waals surface area (Å²) >= 11 is 0. The normalized spacial score (nSPS) is 19.0. The highest BCUT2D eigenvalue weighted by Gasteiger charge is 2.25. The lowest BCUT2D eigenvalue weighted by Gasteiger charge is -2.30. The molecule has 0 saturated carbocycles. The standard InChI is InChI=1S/C13H20N2O2S/c1-18(16,17)15-8-6-13(7-9-15)12-4-2-11(10-14)3-5-12/h2-5,13H,6-10,14H2,1H3. The summed E-state index contributed by atoms with van der Waals surface area (Å²) in [5, 5.41) is 0. The van der Waals surface area contributed by atoms with Crippen LogP contribution in [0.2, 0.25) is 0 Å². The first-order chi connectivity index (χ1) is 8.50. The third-order valence-electron chi connectivity index (χ3n) is 3.61. The molecule has 0 amide bonds. The number of hydrogen-bond acceptors (Lipinski definition) is 3. The molecule has 1 aromatic rings. The zero-order valence-electron chi connectivity index (χ0n) is 10.7. The molecule has 1 heterocycles. The molecule has 1 fully saturated rings. The van der Waals surface area contributed by atoms with Crippen molar-refractivity contribution in [3.05, 3.63) is 35.4 Å². The smallest absolute Gasteiger partial charge is 0.211 e. The van der Waals surface area contributed by atoms with Crippen molar-refractivity contribution < 1.29 is 8.42 Å². The second-order valence-corrected chi connectivity index (χ2v) is 6.86. The van der Waals surface area contributed by atoms with E-state index < -0.39 is 10.0 Å². The Balaban J connectivity index is 2.01. The molecule has 4 nitrogen and oxygen atoms in total. The predicted octanol–water partition coefficient (Wildman–Crippen LogP) is 1.28. The van der Waals surface area contributed by atoms with Crippen LogP contribution in [0.15, 0.2) is 24.3 Å². The van der Waals surface area contributed by atoms with Gasteiger partial charge in [0.05, 0.1) is 6.26 Å². The van der Waals surface area contributed by atoms with Gasteiger partial charge in [-0.1, -0.05) is 24.3 Å². The summed E-state index contributed by atoms with van der Waals surface area (Å²) in [6, 6.07) is 8.34. The molecule has 1 aliphatic rings. The molecule has 0 bridgehead atoms. The molecule has 0 aliphatic carbocycles. The summed E-state index contributed by atoms with van der Waals surface area (Å²) in [5.74, 6) is 0.467. The SMILES string of the molecule is CS(=O)(=O)N1CCC(c2ccc(CN)cc2)CC1. The van der Waals surface area contributed by atoms with Crippen LogP contribution in [0.3, 0.4) is 0 Å². The van der Waals surface area contributed by atoms with Gasteiger partial charge in [-0.2, -0.15) is 0 Å². The summed E-state index contributed by atoms with van der Waals surface area (Å²) in [7, 11) is -3.03. The molecular weight excluding hydrogens is 248 g/mol. The number of hydrogen-bond donors (Lipinski definition) is 1. The second kappa shape index (κ2) is 5.38. The Morgan fingerprint density at radius 1 is 1.22 bits per heavy atom. The van der Waals surface area contributed by atoms with E-state index in [4.69, 9.17) is 5.73 Å². The number of rotatable bonds is 3. The molecule has 0 aromatic heterocycles. The van der Waals surface area contributed by atoms with E-state index in [1.54, 1.807) is 4.31 Å². The minimum absolute atomic E-state index is 0.467. The van der Waals surface area contributed by atoms with Crippen molar-refractivity contribution in [2.24, 2.45) is 5.73 Å². The average molecular weight is 268 g/mol. The van der Waals surface area contributed by atoms with Gasteiger partial charge in [0.25, 0.3) is 0 Å². The molecule has 1 aliphatic heterocycles. The topological polar surface area (TPSA) is 63.4 Å². The highest BCUT2D eigenvalue weighted by atomic mass is 32.2. The van der Waals surface area contributed by atoms with E-state index >= 15 is 0 Å². The maximum atomic E-state index is 11.4. The van der Waals surface area contributed by atoms with Crippen molar-refractivity contribution in [1.29, 1.82) is 0 Å². The molecule has 2 N–H and O–H groups in total. The predicted molar refractivity (Wildman–Crippen MR) is 72.7 cm³/mol. The highest BCUT2D eigenvalue weighted by Crippen LogP contribution is 2.28. The van der Waals surface area contributed by atoms with Gasteiger partial charge in [-0.3, -0.25) is 0 Å². The Labute approximate surface area is 109 Å². The van der Waals surface area contributed by atoms with Gasteiger partial charge in [0.1, 0.15) is 0 Å². The quantitative estimate of drug-likeness (QED) is 0.898. The number of sulfonamides is 1. The molecule has 100 valence electrons. The third kappa shape index (κ3) is 3.10. The third-order valence-corrected chi connectivity index (χ3v) is 4.91. The molecule has 1 aromatic carbocycles. The lowest BCUT2D eigenvalue weighted by Crippen LogP contribution is -2.37. The van der Waals surface area contributed by atoms with E-state index in [1.165, 1.54) is 11.8 Å². The largest absolute Gasteiger partial charge is 0.326 e. The van der Waals surface area contributed by atoms with Crippen LogP contribution in [0, 0.1) is 0 Å². The summed E-state index contributed by atoms with van der Waals surface area (Å²) in [4.78, 5) is 0. The molecule has 0 unspecified atom stereocenters. The van der Waals surface area contributed by atoms with E-state index in [2.05, 4.69) is 24.3 Å². The first-order valence-corrected chi connectivity index (χ1v) is 8.09. The van der Waals surface area contributed by atoms with Crippen LogP contribution in [-0.4, -0.2) is 32.1 Å². The van der Waals surface area contributed by atoms with Crippen molar-refractivity contribution >= 4 is 10.0 Å². The Kier molecular flexibility index (Phi) is 4.04. The van der Waals surface area contributed by atoms with Gasteiger partial charge in [0.2, 0.25) is 10.0 Å². The molecular formula is C13H20N2O2S. The van der Waals surface area contributed by atoms with Gasteiger partial charge >= 0.3 is 0 Å². The van der Waals surface area contributed by atoms with Crippen LogP contribution in [0.5, 0.6) is 0 Å². The summed E-state index contributed by atoms with van der Waals surface area (Å²) < 4.78 is 24.4. The van der Waals surface area contributed by atoms with Crippen LogP contribution >= 0.6 is 0 Å². The van der Waals surface area contributed by atoms with Gasteiger partial charge < -0.3 is 5.73 Å². The number of nitrogens with zero attached hydrogens (tertiary/aromatic N) is 1. The van der Waals surface area contributed by atoms with Crippen molar-refractivity contribution in [3.8, 4) is 0 Å². The first-order valence-electron chi connectivity index (χ1n) is 6.24. The van der Waals surface area contributed by atoms with Crippen LogP contribution in [0.1, 0.15) is 29.9 Å². The minimum atomic E-state index is -3.03. The number of nitrogens with two attached hydrogens (primary N) is 1. The zero-order valence-corrected chi connectivity index (χ0v) is 11.5. The van der Waals surface area contributed by atoms with Gasteiger partial charge in [-0.15, -0.1) is 0 Å². The lowest BCUT2D eigenvalue weighted by atomic mass is 9.90. The fourth-order valence-electron chi connectivity index (χ4n) is 2.45. The summed E-state index contributed by atoms with van der Waals surface area (Å²) in [5.41, 5.74) is 7.99. The second-order valence-electron chi connectivity index (χ2n) is 4.88. The lowest BCUT2D eigenvalue weighted by molar-refractivity contribution is 0.321. The van der Waals surface area contributed by atoms with Gasteiger partial charge in [0.15, 0.2) is 0 Å². The van der Waals surface area contributed by atoms with Crippen molar-refractivity contribution in [2.45, 2.75) is 25.3 Å². The van der Waals surface area contributed by atoms with E-state index in [-0.39, 0.29) is 0 Å². The molecule has 1 saturated heterocycles. The average Bonchev–Trinajstić information content (AvgIpc) is 2.38. The van der Waals surface area contributed by atoms with Gasteiger partial charge in [0, 0.05) is 19.6 Å². The van der Waals surface area contributed by atoms with Crippen LogP contribution in [0.25, 0.3) is 0 Å². The highest BCUT2D eigenvalue weighted by molar-refractivity contribution is 7.88. The van der Waals surface area contributed by atoms with E-state index in [0.717, 1.165) is 18.4 Å². The molecule has 2 rings (SSSR count). The maximum absolute atomic E-state index is 11.4. The molecule has 0 spiro atoms. The summed E-state index contributed by atoms with van der Waals surface area (Å²) in [6.07, 6.45) is 3.08. The van der Waals surface area contributed by atoms with E-state index in [9.17, 15) is 8.42 Å². The Morgan fingerprint density at radius 3 is 2.22 bits per heavy atom. The van der Waals surface area contributed by atoms with Crippen LogP contribution < -0.4 is 5.73 Å². The zero-order chi connectivity index (χ0) is 13.2. The van der Waals surface area contributed by atoms with Crippen molar-refractivity contribution in [3.63, 3.8) is 0 Å². The van der Waals surface area contributed by atoms with E-state index in [0.29, 0.717) is 25.6 Å². The first kappa shape index (κ1) is 13.5. The number of benzene rings is 1. The Bertz CT molecular complexity index is 488. The maximum Gasteiger partial charge on any atom is 0.211 e. The number of piperidine rings is 1.